The van der Waals surface area contributed by atoms with Crippen LogP contribution >= 0.6 is 22.9 Å². The second-order valence-corrected chi connectivity index (χ2v) is 5.30. The third-order valence-electron chi connectivity index (χ3n) is 2.54. The molecule has 0 saturated carbocycles. The maximum absolute atomic E-state index is 12.8. The first-order valence-corrected chi connectivity index (χ1v) is 6.99. The van der Waals surface area contributed by atoms with Crippen LogP contribution in [0, 0.1) is 5.82 Å². The summed E-state index contributed by atoms with van der Waals surface area (Å²) in [5.74, 6) is 0.441. The molecule has 100 valence electrons. The number of aromatic nitrogens is 2. The van der Waals surface area contributed by atoms with E-state index in [1.54, 1.807) is 18.2 Å². The van der Waals surface area contributed by atoms with E-state index >= 15 is 0 Å². The lowest BCUT2D eigenvalue weighted by molar-refractivity contribution is 0.410. The van der Waals surface area contributed by atoms with Crippen LogP contribution in [0.1, 0.15) is 11.5 Å². The van der Waals surface area contributed by atoms with Gasteiger partial charge in [0.1, 0.15) is 10.8 Å². The zero-order chi connectivity index (χ0) is 13.9. The van der Waals surface area contributed by atoms with Crippen molar-refractivity contribution < 1.29 is 8.91 Å². The predicted molar refractivity (Wildman–Crippen MR) is 77.7 cm³/mol. The summed E-state index contributed by atoms with van der Waals surface area (Å²) in [6.07, 6.45) is 1.65. The Balaban J connectivity index is 1.87. The predicted octanol–water partition coefficient (Wildman–Crippen LogP) is 4.67. The number of thiophene rings is 1. The highest BCUT2D eigenvalue weighted by molar-refractivity contribution is 7.13. The molecule has 0 saturated heterocycles. The highest BCUT2D eigenvalue weighted by Crippen LogP contribution is 2.26. The molecule has 0 aliphatic heterocycles. The van der Waals surface area contributed by atoms with E-state index < -0.39 is 0 Å². The molecule has 0 N–H and O–H groups in total. The number of nitrogens with zero attached hydrogens (tertiary/aromatic N) is 2. The van der Waals surface area contributed by atoms with Crippen molar-refractivity contribution in [3.05, 3.63) is 59.0 Å². The smallest absolute Gasteiger partial charge is 0.269 e. The topological polar surface area (TPSA) is 38.9 Å². The van der Waals surface area contributed by atoms with Crippen molar-refractivity contribution in [2.24, 2.45) is 0 Å². The van der Waals surface area contributed by atoms with E-state index in [0.29, 0.717) is 10.9 Å². The monoisotopic (exact) mass is 306 g/mol. The van der Waals surface area contributed by atoms with Crippen molar-refractivity contribution in [3.8, 4) is 10.7 Å². The van der Waals surface area contributed by atoms with Gasteiger partial charge in [0.15, 0.2) is 0 Å². The van der Waals surface area contributed by atoms with E-state index in [-0.39, 0.29) is 11.7 Å². The van der Waals surface area contributed by atoms with Crippen LogP contribution in [0.5, 0.6) is 0 Å². The lowest BCUT2D eigenvalue weighted by Gasteiger charge is -1.94. The maximum atomic E-state index is 12.8. The van der Waals surface area contributed by atoms with Crippen LogP contribution in [0.25, 0.3) is 21.8 Å². The van der Waals surface area contributed by atoms with Gasteiger partial charge in [0.05, 0.1) is 4.88 Å². The number of hydrogen-bond donors (Lipinski definition) is 0. The summed E-state index contributed by atoms with van der Waals surface area (Å²) in [7, 11) is 0. The van der Waals surface area contributed by atoms with Gasteiger partial charge in [-0.3, -0.25) is 0 Å². The molecule has 0 amide bonds. The summed E-state index contributed by atoms with van der Waals surface area (Å²) in [4.78, 5) is 5.13. The quantitative estimate of drug-likeness (QED) is 0.705. The van der Waals surface area contributed by atoms with Gasteiger partial charge >= 0.3 is 0 Å². The van der Waals surface area contributed by atoms with Gasteiger partial charge in [-0.25, -0.2) is 4.39 Å². The van der Waals surface area contributed by atoms with Crippen LogP contribution in [-0.4, -0.2) is 10.1 Å². The lowest BCUT2D eigenvalue weighted by atomic mass is 10.2. The average Bonchev–Trinajstić information content (AvgIpc) is 3.11. The standard InChI is InChI=1S/C14H8ClFN2OS/c15-11(8-9-3-5-10(16)6-4-9)14-17-13(18-19-14)12-2-1-7-20-12/h1-8H/b11-8-. The Labute approximate surface area is 123 Å². The Bertz CT molecular complexity index is 735. The molecule has 6 heteroatoms. The maximum Gasteiger partial charge on any atom is 0.269 e. The fourth-order valence-corrected chi connectivity index (χ4v) is 2.45. The molecule has 0 radical (unpaired) electrons. The summed E-state index contributed by atoms with van der Waals surface area (Å²) < 4.78 is 17.9. The number of benzene rings is 1. The first-order chi connectivity index (χ1) is 9.72. The van der Waals surface area contributed by atoms with Gasteiger partial charge in [0.25, 0.3) is 5.89 Å². The number of rotatable bonds is 3. The van der Waals surface area contributed by atoms with Crippen LogP contribution in [0.3, 0.4) is 0 Å². The summed E-state index contributed by atoms with van der Waals surface area (Å²) >= 11 is 7.65. The normalized spacial score (nSPS) is 11.8. The van der Waals surface area contributed by atoms with Crippen LogP contribution in [0.4, 0.5) is 4.39 Å². The fraction of sp³-hybridized carbons (Fsp3) is 0. The van der Waals surface area contributed by atoms with Crippen LogP contribution in [0.2, 0.25) is 0 Å². The van der Waals surface area contributed by atoms with E-state index in [9.17, 15) is 4.39 Å². The average molecular weight is 307 g/mol. The molecule has 3 aromatic rings. The highest BCUT2D eigenvalue weighted by atomic mass is 35.5. The molecular formula is C14H8ClFN2OS. The minimum absolute atomic E-state index is 0.236. The molecule has 0 spiro atoms. The molecule has 0 bridgehead atoms. The summed E-state index contributed by atoms with van der Waals surface area (Å²) in [6, 6.07) is 9.77. The van der Waals surface area contributed by atoms with Gasteiger partial charge in [-0.2, -0.15) is 4.98 Å². The second kappa shape index (κ2) is 5.56. The fourth-order valence-electron chi connectivity index (χ4n) is 1.59. The Morgan fingerprint density at radius 2 is 2.05 bits per heavy atom. The first-order valence-electron chi connectivity index (χ1n) is 5.73. The summed E-state index contributed by atoms with van der Waals surface area (Å²) in [6.45, 7) is 0. The second-order valence-electron chi connectivity index (χ2n) is 3.94. The van der Waals surface area contributed by atoms with Gasteiger partial charge in [0.2, 0.25) is 5.82 Å². The summed E-state index contributed by atoms with van der Waals surface area (Å²) in [5, 5.41) is 6.12. The van der Waals surface area contributed by atoms with Gasteiger partial charge in [-0.15, -0.1) is 11.3 Å². The zero-order valence-corrected chi connectivity index (χ0v) is 11.7. The minimum atomic E-state index is -0.295. The Kier molecular flexibility index (Phi) is 3.62. The molecule has 3 nitrogen and oxygen atoms in total. The highest BCUT2D eigenvalue weighted by Gasteiger charge is 2.12. The van der Waals surface area contributed by atoms with E-state index in [2.05, 4.69) is 10.1 Å². The van der Waals surface area contributed by atoms with Gasteiger partial charge < -0.3 is 4.52 Å². The molecule has 3 rings (SSSR count). The van der Waals surface area contributed by atoms with Crippen molar-refractivity contribution in [1.29, 1.82) is 0 Å². The molecule has 0 unspecified atom stereocenters. The molecule has 0 aliphatic rings. The molecule has 0 aliphatic carbocycles. The molecule has 0 atom stereocenters. The number of halogens is 2. The molecule has 1 aromatic carbocycles. The van der Waals surface area contributed by atoms with E-state index in [1.807, 2.05) is 17.5 Å². The SMILES string of the molecule is Fc1ccc(/C=C(\Cl)c2nc(-c3cccs3)no2)cc1. The largest absolute Gasteiger partial charge is 0.333 e. The van der Waals surface area contributed by atoms with Crippen LogP contribution < -0.4 is 0 Å². The Hall–Kier alpha value is -1.98. The minimum Gasteiger partial charge on any atom is -0.333 e. The summed E-state index contributed by atoms with van der Waals surface area (Å²) in [5.41, 5.74) is 0.757. The van der Waals surface area contributed by atoms with Gasteiger partial charge in [-0.05, 0) is 35.2 Å². The van der Waals surface area contributed by atoms with E-state index in [1.165, 1.54) is 23.5 Å². The van der Waals surface area contributed by atoms with Gasteiger partial charge in [-0.1, -0.05) is 35.0 Å². The lowest BCUT2D eigenvalue weighted by Crippen LogP contribution is -1.80. The third kappa shape index (κ3) is 2.79. The van der Waals surface area contributed by atoms with E-state index in [4.69, 9.17) is 16.1 Å². The van der Waals surface area contributed by atoms with Crippen molar-refractivity contribution in [2.75, 3.05) is 0 Å². The molecular weight excluding hydrogens is 299 g/mol. The van der Waals surface area contributed by atoms with Crippen molar-refractivity contribution in [3.63, 3.8) is 0 Å². The Morgan fingerprint density at radius 3 is 2.75 bits per heavy atom. The number of hydrogen-bond acceptors (Lipinski definition) is 4. The van der Waals surface area contributed by atoms with Crippen molar-refractivity contribution in [1.82, 2.24) is 10.1 Å². The first kappa shape index (κ1) is 13.0. The van der Waals surface area contributed by atoms with Crippen LogP contribution in [-0.2, 0) is 0 Å². The molecule has 2 aromatic heterocycles. The van der Waals surface area contributed by atoms with Crippen molar-refractivity contribution in [2.45, 2.75) is 0 Å². The zero-order valence-electron chi connectivity index (χ0n) is 10.1. The van der Waals surface area contributed by atoms with E-state index in [0.717, 1.165) is 10.4 Å². The Morgan fingerprint density at radius 1 is 1.25 bits per heavy atom. The van der Waals surface area contributed by atoms with Gasteiger partial charge in [0, 0.05) is 0 Å². The molecule has 20 heavy (non-hydrogen) atoms. The van der Waals surface area contributed by atoms with Crippen molar-refractivity contribution >= 4 is 34.0 Å². The third-order valence-corrected chi connectivity index (χ3v) is 3.67. The molecule has 0 fully saturated rings. The molecule has 2 heterocycles. The van der Waals surface area contributed by atoms with Crippen LogP contribution in [0.15, 0.2) is 46.3 Å².